The molecule has 3 aliphatic heterocycles. The third kappa shape index (κ3) is 5.88. The van der Waals surface area contributed by atoms with Gasteiger partial charge in [-0.25, -0.2) is 18.0 Å². The van der Waals surface area contributed by atoms with Gasteiger partial charge in [0.1, 0.15) is 12.4 Å². The number of hydrogen-bond donors (Lipinski definition) is 0. The molecule has 4 nitrogen and oxygen atoms in total. The van der Waals surface area contributed by atoms with E-state index in [0.717, 1.165) is 78.4 Å². The summed E-state index contributed by atoms with van der Waals surface area (Å²) < 4.78 is 49.6. The molecule has 1 amide bonds. The highest BCUT2D eigenvalue weighted by molar-refractivity contribution is 5.88. The first-order chi connectivity index (χ1) is 18.3. The summed E-state index contributed by atoms with van der Waals surface area (Å²) >= 11 is 0. The number of hydrogen-bond acceptors (Lipinski definition) is 2. The largest absolute Gasteiger partial charge is 0.440 e. The highest BCUT2D eigenvalue weighted by Crippen LogP contribution is 2.37. The Morgan fingerprint density at radius 3 is 2.37 bits per heavy atom. The second kappa shape index (κ2) is 11.2. The summed E-state index contributed by atoms with van der Waals surface area (Å²) in [4.78, 5) is 14.6. The fraction of sp³-hybridized carbons (Fsp3) is 0.387. The summed E-state index contributed by atoms with van der Waals surface area (Å²) in [6.45, 7) is 5.77. The van der Waals surface area contributed by atoms with E-state index in [9.17, 15) is 18.0 Å². The van der Waals surface area contributed by atoms with E-state index in [0.29, 0.717) is 6.07 Å². The molecule has 3 saturated heterocycles. The molecule has 1 atom stereocenters. The van der Waals surface area contributed by atoms with Crippen LogP contribution >= 0.6 is 0 Å². The van der Waals surface area contributed by atoms with Crippen molar-refractivity contribution in [3.05, 3.63) is 101 Å². The molecule has 0 aromatic heterocycles. The monoisotopic (exact) mass is 523 g/mol. The average molecular weight is 524 g/mol. The predicted molar refractivity (Wildman–Crippen MR) is 141 cm³/mol. The van der Waals surface area contributed by atoms with Crippen molar-refractivity contribution >= 4 is 11.8 Å². The third-order valence-electron chi connectivity index (χ3n) is 8.16. The van der Waals surface area contributed by atoms with Gasteiger partial charge in [-0.15, -0.1) is 0 Å². The zero-order valence-electron chi connectivity index (χ0n) is 21.7. The standard InChI is InChI=1S/C31H34F3N2O2/c1-22-7-5-10-24(17-22)20-35(29-19-27(33)26(32)18-28(29)34)31(37)38-30-21-36(15-12-25(30)13-16-36)14-6-11-23-8-3-2-4-9-23/h2-5,7-10,17-19,25,30H,6,11-16,20-21H2,1H3/q+1/t25?,30-,36?/m0/s1. The van der Waals surface area contributed by atoms with E-state index in [1.807, 2.05) is 37.3 Å². The summed E-state index contributed by atoms with van der Waals surface area (Å²) in [6.07, 6.45) is 2.97. The van der Waals surface area contributed by atoms with Crippen LogP contribution in [-0.2, 0) is 17.7 Å². The van der Waals surface area contributed by atoms with Crippen molar-refractivity contribution in [1.29, 1.82) is 0 Å². The van der Waals surface area contributed by atoms with Crippen LogP contribution in [0.25, 0.3) is 0 Å². The van der Waals surface area contributed by atoms with Crippen molar-refractivity contribution in [3.8, 4) is 0 Å². The number of fused-ring (bicyclic) bond motifs is 3. The number of aryl methyl sites for hydroxylation is 2. The first-order valence-corrected chi connectivity index (χ1v) is 13.4. The SMILES string of the molecule is Cc1cccc(CN(C(=O)O[C@H]2C[N+]3(CCCc4ccccc4)CCC2CC3)c2cc(F)c(F)cc2F)c1. The lowest BCUT2D eigenvalue weighted by Crippen LogP contribution is -2.65. The number of benzene rings is 3. The van der Waals surface area contributed by atoms with E-state index >= 15 is 0 Å². The van der Waals surface area contributed by atoms with Crippen molar-refractivity contribution < 1.29 is 27.2 Å². The Morgan fingerprint density at radius 2 is 1.63 bits per heavy atom. The summed E-state index contributed by atoms with van der Waals surface area (Å²) in [7, 11) is 0. The van der Waals surface area contributed by atoms with E-state index < -0.39 is 23.5 Å². The van der Waals surface area contributed by atoms with E-state index in [1.165, 1.54) is 5.56 Å². The number of rotatable bonds is 8. The zero-order chi connectivity index (χ0) is 26.7. The number of halogens is 3. The summed E-state index contributed by atoms with van der Waals surface area (Å²) in [5.41, 5.74) is 2.70. The van der Waals surface area contributed by atoms with Crippen molar-refractivity contribution in [2.24, 2.45) is 5.92 Å². The summed E-state index contributed by atoms with van der Waals surface area (Å²) in [5.74, 6) is -3.26. The van der Waals surface area contributed by atoms with Crippen LogP contribution in [0.3, 0.4) is 0 Å². The normalized spacial score (nSPS) is 22.3. The molecule has 3 aliphatic rings. The quantitative estimate of drug-likeness (QED) is 0.240. The predicted octanol–water partition coefficient (Wildman–Crippen LogP) is 6.80. The van der Waals surface area contributed by atoms with Gasteiger partial charge in [-0.05, 0) is 24.5 Å². The minimum atomic E-state index is -1.30. The number of ether oxygens (including phenoxy) is 1. The van der Waals surface area contributed by atoms with Crippen LogP contribution in [0.1, 0.15) is 36.0 Å². The Labute approximate surface area is 222 Å². The number of carbonyl (C=O) groups excluding carboxylic acids is 1. The lowest BCUT2D eigenvalue weighted by Gasteiger charge is -2.52. The molecule has 2 bridgehead atoms. The molecule has 0 spiro atoms. The molecule has 6 rings (SSSR count). The molecule has 0 N–H and O–H groups in total. The van der Waals surface area contributed by atoms with Crippen LogP contribution < -0.4 is 4.90 Å². The van der Waals surface area contributed by atoms with Crippen molar-refractivity contribution in [2.45, 2.75) is 45.3 Å². The molecule has 3 aromatic carbocycles. The van der Waals surface area contributed by atoms with E-state index in [4.69, 9.17) is 4.74 Å². The maximum Gasteiger partial charge on any atom is 0.415 e. The smallest absolute Gasteiger partial charge is 0.415 e. The fourth-order valence-electron chi connectivity index (χ4n) is 6.09. The molecule has 200 valence electrons. The van der Waals surface area contributed by atoms with Gasteiger partial charge in [-0.2, -0.15) is 0 Å². The molecular weight excluding hydrogens is 489 g/mol. The fourth-order valence-corrected chi connectivity index (χ4v) is 6.09. The van der Waals surface area contributed by atoms with Gasteiger partial charge in [0.25, 0.3) is 0 Å². The Balaban J connectivity index is 1.32. The highest BCUT2D eigenvalue weighted by atomic mass is 19.2. The summed E-state index contributed by atoms with van der Waals surface area (Å²) in [5, 5.41) is 0. The van der Waals surface area contributed by atoms with Crippen LogP contribution in [0.5, 0.6) is 0 Å². The number of piperidine rings is 3. The Kier molecular flexibility index (Phi) is 7.75. The Hall–Kier alpha value is -3.32. The lowest BCUT2D eigenvalue weighted by molar-refractivity contribution is -0.946. The molecule has 0 unspecified atom stereocenters. The second-order valence-corrected chi connectivity index (χ2v) is 10.8. The average Bonchev–Trinajstić information content (AvgIpc) is 2.91. The molecule has 38 heavy (non-hydrogen) atoms. The van der Waals surface area contributed by atoms with Gasteiger partial charge >= 0.3 is 6.09 Å². The Morgan fingerprint density at radius 1 is 0.921 bits per heavy atom. The van der Waals surface area contributed by atoms with E-state index in [1.54, 1.807) is 0 Å². The van der Waals surface area contributed by atoms with Crippen LogP contribution in [0, 0.1) is 30.3 Å². The van der Waals surface area contributed by atoms with E-state index in [2.05, 4.69) is 24.3 Å². The van der Waals surface area contributed by atoms with Gasteiger partial charge in [-0.1, -0.05) is 60.2 Å². The zero-order valence-corrected chi connectivity index (χ0v) is 21.7. The van der Waals surface area contributed by atoms with Gasteiger partial charge in [0.05, 0.1) is 31.9 Å². The van der Waals surface area contributed by atoms with E-state index in [-0.39, 0.29) is 24.3 Å². The molecule has 3 aromatic rings. The van der Waals surface area contributed by atoms with Crippen LogP contribution in [0.2, 0.25) is 0 Å². The van der Waals surface area contributed by atoms with Gasteiger partial charge in [0.15, 0.2) is 17.7 Å². The molecule has 0 radical (unpaired) electrons. The molecule has 3 heterocycles. The maximum absolute atomic E-state index is 14.8. The summed E-state index contributed by atoms with van der Waals surface area (Å²) in [6, 6.07) is 19.1. The number of carbonyl (C=O) groups is 1. The highest BCUT2D eigenvalue weighted by Gasteiger charge is 2.47. The molecule has 3 fully saturated rings. The number of quaternary nitrogens is 1. The molecule has 0 aliphatic carbocycles. The van der Waals surface area contributed by atoms with Gasteiger partial charge in [0, 0.05) is 37.3 Å². The Bertz CT molecular complexity index is 1280. The van der Waals surface area contributed by atoms with Crippen LogP contribution in [0.4, 0.5) is 23.7 Å². The number of amides is 1. The van der Waals surface area contributed by atoms with Crippen LogP contribution in [-0.4, -0.2) is 42.9 Å². The number of nitrogens with zero attached hydrogens (tertiary/aromatic N) is 2. The second-order valence-electron chi connectivity index (χ2n) is 10.8. The third-order valence-corrected chi connectivity index (χ3v) is 8.16. The van der Waals surface area contributed by atoms with Gasteiger partial charge < -0.3 is 9.22 Å². The molecule has 7 heteroatoms. The number of anilines is 1. The lowest BCUT2D eigenvalue weighted by atomic mass is 9.83. The molecular formula is C31H34F3N2O2+. The van der Waals surface area contributed by atoms with Crippen LogP contribution in [0.15, 0.2) is 66.7 Å². The minimum absolute atomic E-state index is 0.0169. The van der Waals surface area contributed by atoms with Crippen molar-refractivity contribution in [1.82, 2.24) is 0 Å². The maximum atomic E-state index is 14.8. The van der Waals surface area contributed by atoms with Gasteiger partial charge in [-0.3, -0.25) is 4.90 Å². The van der Waals surface area contributed by atoms with Crippen molar-refractivity contribution in [3.63, 3.8) is 0 Å². The van der Waals surface area contributed by atoms with Crippen molar-refractivity contribution in [2.75, 3.05) is 31.1 Å². The first-order valence-electron chi connectivity index (χ1n) is 13.4. The first kappa shape index (κ1) is 26.3. The van der Waals surface area contributed by atoms with Gasteiger partial charge in [0.2, 0.25) is 0 Å². The minimum Gasteiger partial charge on any atom is -0.440 e. The topological polar surface area (TPSA) is 29.5 Å². The molecule has 0 saturated carbocycles.